The summed E-state index contributed by atoms with van der Waals surface area (Å²) in [6, 6.07) is 1.87. The van der Waals surface area contributed by atoms with E-state index in [9.17, 15) is 10.2 Å². The zero-order chi connectivity index (χ0) is 14.6. The van der Waals surface area contributed by atoms with Gasteiger partial charge in [-0.15, -0.1) is 0 Å². The van der Waals surface area contributed by atoms with E-state index in [1.54, 1.807) is 12.5 Å². The summed E-state index contributed by atoms with van der Waals surface area (Å²) < 4.78 is 5.16. The van der Waals surface area contributed by atoms with Crippen molar-refractivity contribution in [2.24, 2.45) is 5.73 Å². The molecule has 20 heavy (non-hydrogen) atoms. The average Bonchev–Trinajstić information content (AvgIpc) is 2.91. The Hall–Kier alpha value is -1.40. The van der Waals surface area contributed by atoms with Gasteiger partial charge in [0.25, 0.3) is 0 Å². The predicted octanol–water partition coefficient (Wildman–Crippen LogP) is 0.605. The van der Waals surface area contributed by atoms with Crippen molar-refractivity contribution in [3.8, 4) is 0 Å². The summed E-state index contributed by atoms with van der Waals surface area (Å²) in [6.45, 7) is 3.01. The third-order valence-electron chi connectivity index (χ3n) is 3.45. The Kier molecular flexibility index (Phi) is 4.77. The molecule has 2 unspecified atom stereocenters. The molecular formula is C15H22N2O3. The lowest BCUT2D eigenvalue weighted by Crippen LogP contribution is -2.43. The van der Waals surface area contributed by atoms with Crippen LogP contribution in [-0.4, -0.2) is 53.0 Å². The van der Waals surface area contributed by atoms with Gasteiger partial charge in [-0.3, -0.25) is 4.90 Å². The smallest absolute Gasteiger partial charge is 0.0978 e. The number of aliphatic hydroxyl groups is 2. The van der Waals surface area contributed by atoms with Gasteiger partial charge in [0.15, 0.2) is 0 Å². The van der Waals surface area contributed by atoms with E-state index < -0.39 is 5.54 Å². The van der Waals surface area contributed by atoms with E-state index in [-0.39, 0.29) is 19.3 Å². The van der Waals surface area contributed by atoms with E-state index in [4.69, 9.17) is 10.2 Å². The largest absolute Gasteiger partial charge is 0.472 e. The van der Waals surface area contributed by atoms with Crippen LogP contribution in [0, 0.1) is 0 Å². The Morgan fingerprint density at radius 3 is 2.60 bits per heavy atom. The first kappa shape index (κ1) is 15.0. The molecule has 0 saturated heterocycles. The first-order chi connectivity index (χ1) is 9.57. The van der Waals surface area contributed by atoms with Crippen LogP contribution in [0.15, 0.2) is 41.2 Å². The van der Waals surface area contributed by atoms with Crippen molar-refractivity contribution in [2.75, 3.05) is 26.3 Å². The minimum Gasteiger partial charge on any atom is -0.472 e. The summed E-state index contributed by atoms with van der Waals surface area (Å²) in [6.07, 6.45) is 9.28. The molecule has 1 aliphatic carbocycles. The molecule has 0 aliphatic heterocycles. The Morgan fingerprint density at radius 2 is 2.05 bits per heavy atom. The van der Waals surface area contributed by atoms with Crippen LogP contribution in [0.3, 0.4) is 0 Å². The first-order valence-corrected chi connectivity index (χ1v) is 6.77. The molecule has 4 N–H and O–H groups in total. The molecule has 110 valence electrons. The highest BCUT2D eigenvalue weighted by Crippen LogP contribution is 2.30. The number of rotatable bonds is 6. The van der Waals surface area contributed by atoms with E-state index in [2.05, 4.69) is 0 Å². The van der Waals surface area contributed by atoms with Gasteiger partial charge in [-0.1, -0.05) is 18.2 Å². The fourth-order valence-electron chi connectivity index (χ4n) is 2.52. The highest BCUT2D eigenvalue weighted by molar-refractivity contribution is 5.73. The topological polar surface area (TPSA) is 82.9 Å². The van der Waals surface area contributed by atoms with Crippen LogP contribution in [0.25, 0.3) is 5.57 Å². The van der Waals surface area contributed by atoms with Gasteiger partial charge in [-0.25, -0.2) is 0 Å². The van der Waals surface area contributed by atoms with Crippen molar-refractivity contribution in [1.82, 2.24) is 4.90 Å². The van der Waals surface area contributed by atoms with Crippen LogP contribution in [0.4, 0.5) is 0 Å². The minimum atomic E-state index is -0.507. The van der Waals surface area contributed by atoms with Crippen molar-refractivity contribution < 1.29 is 14.6 Å². The van der Waals surface area contributed by atoms with Gasteiger partial charge < -0.3 is 20.4 Å². The van der Waals surface area contributed by atoms with Crippen molar-refractivity contribution in [2.45, 2.75) is 18.5 Å². The number of hydrogen-bond donors (Lipinski definition) is 3. The van der Waals surface area contributed by atoms with E-state index in [0.29, 0.717) is 13.1 Å². The van der Waals surface area contributed by atoms with Crippen LogP contribution in [0.2, 0.25) is 0 Å². The lowest BCUT2D eigenvalue weighted by molar-refractivity contribution is 0.155. The SMILES string of the molecule is CC1(N)C=CC(N(CCO)CCO)C(c2ccoc2)=C1. The molecule has 1 heterocycles. The van der Waals surface area contributed by atoms with Crippen LogP contribution in [-0.2, 0) is 0 Å². The summed E-state index contributed by atoms with van der Waals surface area (Å²) >= 11 is 0. The van der Waals surface area contributed by atoms with Gasteiger partial charge in [-0.05, 0) is 18.6 Å². The number of furan rings is 1. The van der Waals surface area contributed by atoms with Gasteiger partial charge in [-0.2, -0.15) is 0 Å². The molecule has 2 rings (SSSR count). The Labute approximate surface area is 119 Å². The maximum atomic E-state index is 9.20. The van der Waals surface area contributed by atoms with Gasteiger partial charge in [0.2, 0.25) is 0 Å². The van der Waals surface area contributed by atoms with Crippen molar-refractivity contribution in [1.29, 1.82) is 0 Å². The molecule has 0 saturated carbocycles. The molecule has 1 aromatic rings. The van der Waals surface area contributed by atoms with E-state index in [1.807, 2.05) is 36.1 Å². The molecule has 0 amide bonds. The number of aliphatic hydroxyl groups excluding tert-OH is 2. The van der Waals surface area contributed by atoms with Crippen LogP contribution < -0.4 is 5.73 Å². The lowest BCUT2D eigenvalue weighted by Gasteiger charge is -2.35. The van der Waals surface area contributed by atoms with Crippen LogP contribution >= 0.6 is 0 Å². The first-order valence-electron chi connectivity index (χ1n) is 6.77. The molecule has 0 bridgehead atoms. The highest BCUT2D eigenvalue weighted by atomic mass is 16.3. The van der Waals surface area contributed by atoms with Crippen LogP contribution in [0.1, 0.15) is 12.5 Å². The van der Waals surface area contributed by atoms with Gasteiger partial charge in [0.05, 0.1) is 37.3 Å². The van der Waals surface area contributed by atoms with Gasteiger partial charge in [0, 0.05) is 18.7 Å². The van der Waals surface area contributed by atoms with Crippen LogP contribution in [0.5, 0.6) is 0 Å². The standard InChI is InChI=1S/C15H22N2O3/c1-15(16)4-2-14(17(5-7-18)6-8-19)13(10-15)12-3-9-20-11-12/h2-4,9-11,14,18-19H,5-8,16H2,1H3. The molecule has 0 spiro atoms. The van der Waals surface area contributed by atoms with Crippen molar-refractivity contribution in [3.63, 3.8) is 0 Å². The van der Waals surface area contributed by atoms with E-state index in [1.165, 1.54) is 0 Å². The van der Waals surface area contributed by atoms with Gasteiger partial charge >= 0.3 is 0 Å². The van der Waals surface area contributed by atoms with Crippen molar-refractivity contribution >= 4 is 5.57 Å². The second kappa shape index (κ2) is 6.37. The molecule has 0 fully saturated rings. The maximum absolute atomic E-state index is 9.20. The Morgan fingerprint density at radius 1 is 1.35 bits per heavy atom. The quantitative estimate of drug-likeness (QED) is 0.664. The zero-order valence-electron chi connectivity index (χ0n) is 11.7. The number of nitrogens with two attached hydrogens (primary N) is 1. The molecule has 2 atom stereocenters. The summed E-state index contributed by atoms with van der Waals surface area (Å²) in [4.78, 5) is 2.02. The fraction of sp³-hybridized carbons (Fsp3) is 0.467. The molecule has 1 aliphatic rings. The summed E-state index contributed by atoms with van der Waals surface area (Å²) in [7, 11) is 0. The van der Waals surface area contributed by atoms with E-state index >= 15 is 0 Å². The third kappa shape index (κ3) is 3.37. The zero-order valence-corrected chi connectivity index (χ0v) is 11.7. The molecular weight excluding hydrogens is 256 g/mol. The third-order valence-corrected chi connectivity index (χ3v) is 3.45. The molecule has 0 radical (unpaired) electrons. The fourth-order valence-corrected chi connectivity index (χ4v) is 2.52. The highest BCUT2D eigenvalue weighted by Gasteiger charge is 2.28. The average molecular weight is 278 g/mol. The van der Waals surface area contributed by atoms with Gasteiger partial charge in [0.1, 0.15) is 0 Å². The summed E-state index contributed by atoms with van der Waals surface area (Å²) in [5.41, 5.74) is 7.67. The second-order valence-corrected chi connectivity index (χ2v) is 5.26. The Bertz CT molecular complexity index is 471. The maximum Gasteiger partial charge on any atom is 0.0978 e. The predicted molar refractivity (Wildman–Crippen MR) is 78.0 cm³/mol. The number of nitrogens with zero attached hydrogens (tertiary/aromatic N) is 1. The van der Waals surface area contributed by atoms with Crippen molar-refractivity contribution in [3.05, 3.63) is 42.4 Å². The molecule has 0 aromatic carbocycles. The lowest BCUT2D eigenvalue weighted by atomic mass is 9.86. The molecule has 1 aromatic heterocycles. The Balaban J connectivity index is 2.32. The molecule has 5 nitrogen and oxygen atoms in total. The summed E-state index contributed by atoms with van der Waals surface area (Å²) in [5.74, 6) is 0. The molecule has 5 heteroatoms. The minimum absolute atomic E-state index is 0.0245. The van der Waals surface area contributed by atoms with E-state index in [0.717, 1.165) is 11.1 Å². The number of hydrogen-bond acceptors (Lipinski definition) is 5. The summed E-state index contributed by atoms with van der Waals surface area (Å²) in [5, 5.41) is 18.4. The normalized spacial score (nSPS) is 26.1. The monoisotopic (exact) mass is 278 g/mol. The second-order valence-electron chi connectivity index (χ2n) is 5.26.